The molecule has 1 heterocycles. The van der Waals surface area contributed by atoms with Crippen molar-refractivity contribution < 1.29 is 14.4 Å². The molecule has 0 saturated carbocycles. The number of carbonyl (C=O) groups is 3. The lowest BCUT2D eigenvalue weighted by atomic mass is 9.78. The number of likely N-dealkylation sites (tertiary alicyclic amines) is 1. The van der Waals surface area contributed by atoms with Gasteiger partial charge in [-0.2, -0.15) is 0 Å². The molecule has 0 aromatic carbocycles. The van der Waals surface area contributed by atoms with Crippen molar-refractivity contribution in [1.82, 2.24) is 4.90 Å². The van der Waals surface area contributed by atoms with E-state index in [-0.39, 0.29) is 12.5 Å². The molecule has 1 saturated heterocycles. The van der Waals surface area contributed by atoms with E-state index in [0.717, 1.165) is 4.90 Å². The van der Waals surface area contributed by atoms with Crippen molar-refractivity contribution in [3.05, 3.63) is 23.8 Å². The number of amides is 2. The first-order valence-electron chi connectivity index (χ1n) is 4.89. The van der Waals surface area contributed by atoms with Gasteiger partial charge in [0.15, 0.2) is 0 Å². The standard InChI is InChI=1S/C11H10ClNO3/c1-11-5-3-2-4-7(11)9(15)13(10(11)16)6-8(12)14/h2-4H,5-6H2,1H3. The Labute approximate surface area is 97.5 Å². The molecule has 16 heavy (non-hydrogen) atoms. The Morgan fingerprint density at radius 2 is 2.25 bits per heavy atom. The molecule has 2 aliphatic rings. The van der Waals surface area contributed by atoms with Gasteiger partial charge < -0.3 is 0 Å². The molecule has 1 unspecified atom stereocenters. The Kier molecular flexibility index (Phi) is 2.46. The molecule has 84 valence electrons. The van der Waals surface area contributed by atoms with Crippen LogP contribution < -0.4 is 0 Å². The molecule has 0 spiro atoms. The van der Waals surface area contributed by atoms with Gasteiger partial charge in [-0.1, -0.05) is 18.2 Å². The van der Waals surface area contributed by atoms with Crippen LogP contribution in [0.1, 0.15) is 13.3 Å². The van der Waals surface area contributed by atoms with E-state index in [2.05, 4.69) is 0 Å². The first kappa shape index (κ1) is 11.1. The van der Waals surface area contributed by atoms with Crippen molar-refractivity contribution in [1.29, 1.82) is 0 Å². The van der Waals surface area contributed by atoms with Crippen LogP contribution in [0.2, 0.25) is 0 Å². The van der Waals surface area contributed by atoms with E-state index < -0.39 is 16.6 Å². The largest absolute Gasteiger partial charge is 0.279 e. The molecular formula is C11H10ClNO3. The topological polar surface area (TPSA) is 54.5 Å². The van der Waals surface area contributed by atoms with Crippen LogP contribution in [0.4, 0.5) is 0 Å². The zero-order valence-electron chi connectivity index (χ0n) is 8.70. The molecule has 1 aliphatic heterocycles. The number of rotatable bonds is 2. The van der Waals surface area contributed by atoms with Crippen LogP contribution in [0.5, 0.6) is 0 Å². The number of carbonyl (C=O) groups excluding carboxylic acids is 3. The van der Waals surface area contributed by atoms with Gasteiger partial charge in [0.2, 0.25) is 11.1 Å². The maximum Gasteiger partial charge on any atom is 0.257 e. The summed E-state index contributed by atoms with van der Waals surface area (Å²) in [7, 11) is 0. The summed E-state index contributed by atoms with van der Waals surface area (Å²) in [6.45, 7) is 1.35. The minimum Gasteiger partial charge on any atom is -0.279 e. The number of allylic oxidation sites excluding steroid dienone is 3. The van der Waals surface area contributed by atoms with Gasteiger partial charge in [-0.25, -0.2) is 0 Å². The van der Waals surface area contributed by atoms with Crippen molar-refractivity contribution >= 4 is 28.7 Å². The molecule has 1 atom stereocenters. The fourth-order valence-corrected chi connectivity index (χ4v) is 2.19. The van der Waals surface area contributed by atoms with Crippen LogP contribution >= 0.6 is 11.6 Å². The number of fused-ring (bicyclic) bond motifs is 1. The lowest BCUT2D eigenvalue weighted by molar-refractivity contribution is -0.142. The molecular weight excluding hydrogens is 230 g/mol. The smallest absolute Gasteiger partial charge is 0.257 e. The van der Waals surface area contributed by atoms with Gasteiger partial charge in [-0.3, -0.25) is 19.3 Å². The van der Waals surface area contributed by atoms with Crippen LogP contribution in [-0.4, -0.2) is 28.5 Å². The summed E-state index contributed by atoms with van der Waals surface area (Å²) >= 11 is 5.21. The van der Waals surface area contributed by atoms with E-state index in [4.69, 9.17) is 11.6 Å². The van der Waals surface area contributed by atoms with Crippen molar-refractivity contribution in [2.75, 3.05) is 6.54 Å². The Balaban J connectivity index is 2.40. The predicted octanol–water partition coefficient (Wildman–Crippen LogP) is 1.01. The molecule has 0 radical (unpaired) electrons. The Morgan fingerprint density at radius 3 is 2.81 bits per heavy atom. The molecule has 0 bridgehead atoms. The first-order valence-corrected chi connectivity index (χ1v) is 5.26. The second kappa shape index (κ2) is 3.56. The number of hydrogen-bond donors (Lipinski definition) is 0. The zero-order chi connectivity index (χ0) is 11.9. The van der Waals surface area contributed by atoms with Crippen LogP contribution in [0, 0.1) is 5.41 Å². The highest BCUT2D eigenvalue weighted by atomic mass is 35.5. The van der Waals surface area contributed by atoms with Crippen LogP contribution in [0.3, 0.4) is 0 Å². The van der Waals surface area contributed by atoms with Gasteiger partial charge in [-0.15, -0.1) is 0 Å². The number of hydrogen-bond acceptors (Lipinski definition) is 3. The van der Waals surface area contributed by atoms with E-state index >= 15 is 0 Å². The predicted molar refractivity (Wildman–Crippen MR) is 57.5 cm³/mol. The average molecular weight is 240 g/mol. The van der Waals surface area contributed by atoms with E-state index in [1.54, 1.807) is 19.1 Å². The lowest BCUT2D eigenvalue weighted by Crippen LogP contribution is -2.36. The van der Waals surface area contributed by atoms with E-state index in [0.29, 0.717) is 12.0 Å². The molecule has 5 heteroatoms. The summed E-state index contributed by atoms with van der Waals surface area (Å²) in [5.74, 6) is -0.757. The molecule has 2 rings (SSSR count). The fourth-order valence-electron chi connectivity index (χ4n) is 2.08. The van der Waals surface area contributed by atoms with Crippen LogP contribution in [0.25, 0.3) is 0 Å². The molecule has 0 aromatic rings. The minimum atomic E-state index is -0.821. The summed E-state index contributed by atoms with van der Waals surface area (Å²) in [6, 6.07) is 0. The molecule has 0 aromatic heterocycles. The van der Waals surface area contributed by atoms with Gasteiger partial charge in [0.1, 0.15) is 6.54 Å². The fraction of sp³-hybridized carbons (Fsp3) is 0.364. The highest BCUT2D eigenvalue weighted by Crippen LogP contribution is 2.42. The summed E-state index contributed by atoms with van der Waals surface area (Å²) in [5, 5.41) is -0.711. The van der Waals surface area contributed by atoms with E-state index in [1.165, 1.54) is 0 Å². The van der Waals surface area contributed by atoms with Gasteiger partial charge in [0.05, 0.1) is 5.41 Å². The molecule has 4 nitrogen and oxygen atoms in total. The zero-order valence-corrected chi connectivity index (χ0v) is 9.45. The maximum atomic E-state index is 12.0. The monoisotopic (exact) mass is 239 g/mol. The second-order valence-electron chi connectivity index (χ2n) is 4.10. The Hall–Kier alpha value is -1.42. The number of imide groups is 1. The van der Waals surface area contributed by atoms with Crippen molar-refractivity contribution in [2.24, 2.45) is 5.41 Å². The molecule has 1 aliphatic carbocycles. The Morgan fingerprint density at radius 1 is 1.56 bits per heavy atom. The SMILES string of the molecule is CC12CC=CC=C1C(=O)N(CC(=O)Cl)C2=O. The summed E-state index contributed by atoms with van der Waals surface area (Å²) < 4.78 is 0. The quantitative estimate of drug-likeness (QED) is 0.534. The van der Waals surface area contributed by atoms with Crippen molar-refractivity contribution in [2.45, 2.75) is 13.3 Å². The van der Waals surface area contributed by atoms with Gasteiger partial charge >= 0.3 is 0 Å². The first-order chi connectivity index (χ1) is 7.47. The lowest BCUT2D eigenvalue weighted by Gasteiger charge is -2.22. The molecule has 0 N–H and O–H groups in total. The van der Waals surface area contributed by atoms with Gasteiger partial charge in [-0.05, 0) is 24.9 Å². The summed E-state index contributed by atoms with van der Waals surface area (Å²) in [4.78, 5) is 35.6. The van der Waals surface area contributed by atoms with Gasteiger partial charge in [0.25, 0.3) is 5.91 Å². The third kappa shape index (κ3) is 1.41. The van der Waals surface area contributed by atoms with Crippen LogP contribution in [-0.2, 0) is 14.4 Å². The van der Waals surface area contributed by atoms with E-state index in [1.807, 2.05) is 6.08 Å². The summed E-state index contributed by atoms with van der Waals surface area (Å²) in [6.07, 6.45) is 5.69. The minimum absolute atomic E-state index is 0.345. The second-order valence-corrected chi connectivity index (χ2v) is 4.52. The Bertz CT molecular complexity index is 452. The van der Waals surface area contributed by atoms with E-state index in [9.17, 15) is 14.4 Å². The maximum absolute atomic E-state index is 12.0. The third-order valence-electron chi connectivity index (χ3n) is 2.99. The molecule has 1 fully saturated rings. The highest BCUT2D eigenvalue weighted by molar-refractivity contribution is 6.64. The van der Waals surface area contributed by atoms with Gasteiger partial charge in [0, 0.05) is 5.57 Å². The van der Waals surface area contributed by atoms with Crippen molar-refractivity contribution in [3.8, 4) is 0 Å². The molecule has 2 amide bonds. The normalized spacial score (nSPS) is 28.1. The van der Waals surface area contributed by atoms with Crippen molar-refractivity contribution in [3.63, 3.8) is 0 Å². The number of nitrogens with zero attached hydrogens (tertiary/aromatic N) is 1. The third-order valence-corrected chi connectivity index (χ3v) is 3.11. The van der Waals surface area contributed by atoms with Crippen LogP contribution in [0.15, 0.2) is 23.8 Å². The highest BCUT2D eigenvalue weighted by Gasteiger charge is 2.52. The number of halogens is 1. The summed E-state index contributed by atoms with van der Waals surface area (Å²) in [5.41, 5.74) is -0.379. The average Bonchev–Trinajstić information content (AvgIpc) is 2.40.